The lowest BCUT2D eigenvalue weighted by atomic mass is 10.0. The zero-order valence-electron chi connectivity index (χ0n) is 18.1. The number of ether oxygens (including phenoxy) is 3. The minimum absolute atomic E-state index is 0.286. The zero-order valence-corrected chi connectivity index (χ0v) is 18.1. The second-order valence-electron chi connectivity index (χ2n) is 9.43. The van der Waals surface area contributed by atoms with Gasteiger partial charge in [-0.2, -0.15) is 0 Å². The highest BCUT2D eigenvalue weighted by molar-refractivity contribution is 5.20. The fraction of sp³-hybridized carbons (Fsp3) is 0.680. The van der Waals surface area contributed by atoms with Crippen LogP contribution in [0.2, 0.25) is 0 Å². The molecule has 1 saturated carbocycles. The average Bonchev–Trinajstić information content (AvgIpc) is 3.18. The number of fused-ring (bicyclic) bond motifs is 1. The molecule has 0 N–H and O–H groups in total. The Morgan fingerprint density at radius 2 is 1.83 bits per heavy atom. The van der Waals surface area contributed by atoms with E-state index in [-0.39, 0.29) is 6.04 Å². The summed E-state index contributed by atoms with van der Waals surface area (Å²) in [7, 11) is 0. The first kappa shape index (κ1) is 20.3. The number of likely N-dealkylation sites (tertiary alicyclic amines) is 2. The van der Waals surface area contributed by atoms with Gasteiger partial charge in [0.2, 0.25) is 6.79 Å². The molecule has 5 rings (SSSR count). The van der Waals surface area contributed by atoms with Crippen LogP contribution in [0.5, 0.6) is 0 Å². The first-order chi connectivity index (χ1) is 14.9. The number of hydrogen-bond donors (Lipinski definition) is 0. The second-order valence-corrected chi connectivity index (χ2v) is 9.43. The van der Waals surface area contributed by atoms with E-state index in [0.29, 0.717) is 6.79 Å². The Labute approximate surface area is 181 Å². The molecule has 0 amide bonds. The van der Waals surface area contributed by atoms with E-state index < -0.39 is 0 Å². The molecule has 30 heavy (non-hydrogen) atoms. The predicted octanol–water partition coefficient (Wildman–Crippen LogP) is 3.51. The molecule has 5 heteroatoms. The van der Waals surface area contributed by atoms with Gasteiger partial charge in [-0.1, -0.05) is 36.8 Å². The van der Waals surface area contributed by atoms with Gasteiger partial charge in [-0.15, -0.1) is 0 Å². The van der Waals surface area contributed by atoms with Crippen molar-refractivity contribution in [2.24, 2.45) is 17.8 Å². The van der Waals surface area contributed by atoms with Gasteiger partial charge >= 0.3 is 0 Å². The molecule has 1 aromatic rings. The molecule has 2 unspecified atom stereocenters. The van der Waals surface area contributed by atoms with E-state index in [9.17, 15) is 0 Å². The number of rotatable bonds is 10. The van der Waals surface area contributed by atoms with E-state index in [1.165, 1.54) is 50.9 Å². The highest BCUT2D eigenvalue weighted by Gasteiger charge is 2.56. The molecular formula is C25H36N2O3. The van der Waals surface area contributed by atoms with Crippen molar-refractivity contribution in [1.82, 2.24) is 9.80 Å². The molecule has 3 aliphatic heterocycles. The Balaban J connectivity index is 1.05. The van der Waals surface area contributed by atoms with Crippen LogP contribution < -0.4 is 0 Å². The topological polar surface area (TPSA) is 34.2 Å². The van der Waals surface area contributed by atoms with Crippen molar-refractivity contribution in [1.29, 1.82) is 0 Å². The standard InChI is InChI=1S/C25H36N2O3/c1-3-8-20(9-4-1)14-24(25-18-29-19-30-25)27-15-21-22(16-27)23(21)17-28-13-7-12-26-10-5-2-6-11-26/h1,3-4,8-9,18,21-24H,2,5-7,10-17,19H2/t21-,22+,23?,24?. The van der Waals surface area contributed by atoms with E-state index in [0.717, 1.165) is 56.2 Å². The zero-order chi connectivity index (χ0) is 20.2. The maximum Gasteiger partial charge on any atom is 0.229 e. The quantitative estimate of drug-likeness (QED) is 0.550. The monoisotopic (exact) mass is 412 g/mol. The SMILES string of the molecule is C1=C(C(Cc2ccccc2)N2C[C@@H]3C(COCCCN4CCCCC4)[C@@H]3C2)OCO1. The van der Waals surface area contributed by atoms with Crippen LogP contribution in [0.25, 0.3) is 0 Å². The average molecular weight is 413 g/mol. The minimum atomic E-state index is 0.286. The molecule has 1 aliphatic carbocycles. The summed E-state index contributed by atoms with van der Waals surface area (Å²) in [5.41, 5.74) is 1.35. The number of nitrogens with zero attached hydrogens (tertiary/aromatic N) is 2. The van der Waals surface area contributed by atoms with Gasteiger partial charge in [0.05, 0.1) is 12.6 Å². The molecule has 0 aromatic heterocycles. The Kier molecular flexibility index (Phi) is 6.59. The van der Waals surface area contributed by atoms with Crippen molar-refractivity contribution >= 4 is 0 Å². The largest absolute Gasteiger partial charge is 0.462 e. The van der Waals surface area contributed by atoms with Crippen molar-refractivity contribution in [3.8, 4) is 0 Å². The predicted molar refractivity (Wildman–Crippen MR) is 117 cm³/mol. The van der Waals surface area contributed by atoms with Gasteiger partial charge < -0.3 is 19.1 Å². The van der Waals surface area contributed by atoms with Crippen molar-refractivity contribution in [3.05, 3.63) is 47.9 Å². The summed E-state index contributed by atoms with van der Waals surface area (Å²) in [5, 5.41) is 0. The number of benzene rings is 1. The lowest BCUT2D eigenvalue weighted by molar-refractivity contribution is 0.0574. The molecule has 164 valence electrons. The molecule has 4 aliphatic rings. The summed E-state index contributed by atoms with van der Waals surface area (Å²) >= 11 is 0. The number of hydrogen-bond acceptors (Lipinski definition) is 5. The molecule has 0 spiro atoms. The molecule has 0 bridgehead atoms. The normalized spacial score (nSPS) is 29.7. The highest BCUT2D eigenvalue weighted by Crippen LogP contribution is 2.52. The fourth-order valence-electron chi connectivity index (χ4n) is 5.65. The van der Waals surface area contributed by atoms with Crippen molar-refractivity contribution in [2.45, 2.75) is 38.1 Å². The highest BCUT2D eigenvalue weighted by atomic mass is 16.7. The van der Waals surface area contributed by atoms with Crippen molar-refractivity contribution < 1.29 is 14.2 Å². The van der Waals surface area contributed by atoms with Gasteiger partial charge in [-0.3, -0.25) is 4.90 Å². The van der Waals surface area contributed by atoms with Crippen molar-refractivity contribution in [2.75, 3.05) is 52.7 Å². The third-order valence-corrected chi connectivity index (χ3v) is 7.46. The fourth-order valence-corrected chi connectivity index (χ4v) is 5.65. The van der Waals surface area contributed by atoms with Crippen LogP contribution in [-0.4, -0.2) is 68.6 Å². The third-order valence-electron chi connectivity index (χ3n) is 7.46. The smallest absolute Gasteiger partial charge is 0.229 e. The molecule has 2 saturated heterocycles. The summed E-state index contributed by atoms with van der Waals surface area (Å²) in [6.07, 6.45) is 8.15. The third kappa shape index (κ3) is 4.84. The first-order valence-corrected chi connectivity index (χ1v) is 11.9. The Bertz CT molecular complexity index is 692. The maximum absolute atomic E-state index is 6.07. The molecule has 1 aromatic carbocycles. The second kappa shape index (κ2) is 9.71. The van der Waals surface area contributed by atoms with Gasteiger partial charge in [0.25, 0.3) is 0 Å². The lowest BCUT2D eigenvalue weighted by Gasteiger charge is -2.29. The van der Waals surface area contributed by atoms with Crippen molar-refractivity contribution in [3.63, 3.8) is 0 Å². The summed E-state index contributed by atoms with van der Waals surface area (Å²) in [4.78, 5) is 5.21. The van der Waals surface area contributed by atoms with Crippen LogP contribution in [0.1, 0.15) is 31.2 Å². The van der Waals surface area contributed by atoms with Gasteiger partial charge in [0, 0.05) is 26.2 Å². The minimum Gasteiger partial charge on any atom is -0.462 e. The summed E-state index contributed by atoms with van der Waals surface area (Å²) < 4.78 is 17.2. The van der Waals surface area contributed by atoms with Crippen LogP contribution in [0.15, 0.2) is 42.4 Å². The summed E-state index contributed by atoms with van der Waals surface area (Å²) in [6, 6.07) is 11.0. The van der Waals surface area contributed by atoms with Gasteiger partial charge in [0.1, 0.15) is 6.26 Å². The Morgan fingerprint density at radius 1 is 1.03 bits per heavy atom. The van der Waals surface area contributed by atoms with E-state index >= 15 is 0 Å². The molecule has 3 fully saturated rings. The van der Waals surface area contributed by atoms with Crippen LogP contribution in [0, 0.1) is 17.8 Å². The molecule has 0 radical (unpaired) electrons. The molecule has 3 heterocycles. The maximum atomic E-state index is 6.07. The van der Waals surface area contributed by atoms with Gasteiger partial charge in [-0.05, 0) is 62.1 Å². The van der Waals surface area contributed by atoms with E-state index in [2.05, 4.69) is 40.1 Å². The van der Waals surface area contributed by atoms with Crippen LogP contribution >= 0.6 is 0 Å². The Morgan fingerprint density at radius 3 is 2.57 bits per heavy atom. The molecule has 4 atom stereocenters. The van der Waals surface area contributed by atoms with Gasteiger partial charge in [-0.25, -0.2) is 0 Å². The first-order valence-electron chi connectivity index (χ1n) is 11.9. The summed E-state index contributed by atoms with van der Waals surface area (Å²) in [5.74, 6) is 3.36. The lowest BCUT2D eigenvalue weighted by Crippen LogP contribution is -2.39. The Hall–Kier alpha value is -1.56. The van der Waals surface area contributed by atoms with E-state index in [4.69, 9.17) is 14.2 Å². The number of piperidine rings is 2. The van der Waals surface area contributed by atoms with E-state index in [1.807, 2.05) is 6.26 Å². The van der Waals surface area contributed by atoms with E-state index in [1.54, 1.807) is 0 Å². The van der Waals surface area contributed by atoms with Crippen LogP contribution in [0.4, 0.5) is 0 Å². The van der Waals surface area contributed by atoms with Crippen LogP contribution in [0.3, 0.4) is 0 Å². The van der Waals surface area contributed by atoms with Crippen LogP contribution in [-0.2, 0) is 20.6 Å². The molecular weight excluding hydrogens is 376 g/mol. The molecule has 5 nitrogen and oxygen atoms in total. The summed E-state index contributed by atoms with van der Waals surface area (Å²) in [6.45, 7) is 8.34. The van der Waals surface area contributed by atoms with Gasteiger partial charge in [0.15, 0.2) is 5.76 Å².